The quantitative estimate of drug-likeness (QED) is 0.897. The van der Waals surface area contributed by atoms with Crippen molar-refractivity contribution in [3.05, 3.63) is 35.6 Å². The Bertz CT molecular complexity index is 428. The number of amides is 1. The Labute approximate surface area is 119 Å². The molecule has 0 radical (unpaired) electrons. The zero-order valence-corrected chi connectivity index (χ0v) is 11.6. The van der Waals surface area contributed by atoms with Crippen LogP contribution in [0.15, 0.2) is 24.3 Å². The van der Waals surface area contributed by atoms with E-state index in [9.17, 15) is 9.18 Å². The maximum atomic E-state index is 13.0. The topological polar surface area (TPSA) is 55.1 Å². The van der Waals surface area contributed by atoms with Gasteiger partial charge < -0.3 is 11.1 Å². The maximum Gasteiger partial charge on any atom is 0.251 e. The van der Waals surface area contributed by atoms with E-state index in [-0.39, 0.29) is 30.2 Å². The van der Waals surface area contributed by atoms with E-state index in [0.717, 1.165) is 19.3 Å². The summed E-state index contributed by atoms with van der Waals surface area (Å²) in [7, 11) is 0. The van der Waals surface area contributed by atoms with E-state index in [1.165, 1.54) is 18.6 Å². The van der Waals surface area contributed by atoms with Gasteiger partial charge in [-0.25, -0.2) is 4.39 Å². The smallest absolute Gasteiger partial charge is 0.251 e. The number of carbonyl (C=O) groups is 1. The van der Waals surface area contributed by atoms with Crippen LogP contribution in [0.4, 0.5) is 4.39 Å². The van der Waals surface area contributed by atoms with Crippen LogP contribution in [-0.2, 0) is 0 Å². The molecule has 0 spiro atoms. The van der Waals surface area contributed by atoms with Gasteiger partial charge in [-0.2, -0.15) is 0 Å². The molecule has 1 amide bonds. The van der Waals surface area contributed by atoms with Crippen LogP contribution in [0, 0.1) is 11.7 Å². The van der Waals surface area contributed by atoms with Gasteiger partial charge in [-0.1, -0.05) is 18.9 Å². The molecule has 2 unspecified atom stereocenters. The Morgan fingerprint density at radius 1 is 1.37 bits per heavy atom. The maximum absolute atomic E-state index is 13.0. The van der Waals surface area contributed by atoms with Crippen LogP contribution in [0.25, 0.3) is 0 Å². The van der Waals surface area contributed by atoms with Gasteiger partial charge in [-0.15, -0.1) is 12.4 Å². The van der Waals surface area contributed by atoms with E-state index >= 15 is 0 Å². The average Bonchev–Trinajstić information content (AvgIpc) is 2.39. The van der Waals surface area contributed by atoms with Crippen molar-refractivity contribution in [1.29, 1.82) is 0 Å². The second-order valence-corrected chi connectivity index (χ2v) is 4.87. The lowest BCUT2D eigenvalue weighted by Crippen LogP contribution is -2.44. The molecule has 2 atom stereocenters. The third kappa shape index (κ3) is 4.18. The van der Waals surface area contributed by atoms with Crippen molar-refractivity contribution in [2.45, 2.75) is 31.7 Å². The molecule has 2 rings (SSSR count). The van der Waals surface area contributed by atoms with Gasteiger partial charge >= 0.3 is 0 Å². The summed E-state index contributed by atoms with van der Waals surface area (Å²) >= 11 is 0. The Morgan fingerprint density at radius 2 is 2.11 bits per heavy atom. The fourth-order valence-corrected chi connectivity index (χ4v) is 2.56. The number of benzene rings is 1. The molecule has 5 heteroatoms. The van der Waals surface area contributed by atoms with E-state index in [1.807, 2.05) is 0 Å². The largest absolute Gasteiger partial charge is 0.349 e. The number of nitrogens with two attached hydrogens (primary N) is 1. The molecule has 1 aromatic carbocycles. The van der Waals surface area contributed by atoms with Crippen molar-refractivity contribution in [1.82, 2.24) is 5.32 Å². The molecule has 3 N–H and O–H groups in total. The van der Waals surface area contributed by atoms with Crippen molar-refractivity contribution in [2.75, 3.05) is 6.54 Å². The fourth-order valence-electron chi connectivity index (χ4n) is 2.56. The van der Waals surface area contributed by atoms with Gasteiger partial charge in [0.1, 0.15) is 5.82 Å². The molecule has 0 aromatic heterocycles. The van der Waals surface area contributed by atoms with E-state index in [0.29, 0.717) is 18.0 Å². The highest BCUT2D eigenvalue weighted by Crippen LogP contribution is 2.23. The van der Waals surface area contributed by atoms with Crippen LogP contribution in [-0.4, -0.2) is 18.5 Å². The molecule has 1 fully saturated rings. The number of hydrogen-bond donors (Lipinski definition) is 2. The van der Waals surface area contributed by atoms with Crippen LogP contribution in [0.5, 0.6) is 0 Å². The molecule has 1 saturated carbocycles. The van der Waals surface area contributed by atoms with Gasteiger partial charge in [0.2, 0.25) is 0 Å². The zero-order valence-electron chi connectivity index (χ0n) is 10.8. The second kappa shape index (κ2) is 7.46. The van der Waals surface area contributed by atoms with Crippen molar-refractivity contribution < 1.29 is 9.18 Å². The van der Waals surface area contributed by atoms with Gasteiger partial charge in [0.05, 0.1) is 0 Å². The minimum absolute atomic E-state index is 0. The highest BCUT2D eigenvalue weighted by molar-refractivity contribution is 5.94. The van der Waals surface area contributed by atoms with Gasteiger partial charge in [0, 0.05) is 11.6 Å². The molecule has 0 heterocycles. The van der Waals surface area contributed by atoms with Crippen molar-refractivity contribution in [2.24, 2.45) is 11.7 Å². The first-order valence-corrected chi connectivity index (χ1v) is 6.47. The van der Waals surface area contributed by atoms with Gasteiger partial charge in [-0.05, 0) is 43.5 Å². The summed E-state index contributed by atoms with van der Waals surface area (Å²) < 4.78 is 13.0. The lowest BCUT2D eigenvalue weighted by Gasteiger charge is -2.31. The van der Waals surface area contributed by atoms with E-state index < -0.39 is 0 Å². The molecule has 1 aromatic rings. The molecule has 0 aliphatic heterocycles. The third-order valence-electron chi connectivity index (χ3n) is 3.62. The molecule has 106 valence electrons. The highest BCUT2D eigenvalue weighted by Gasteiger charge is 2.25. The van der Waals surface area contributed by atoms with Gasteiger partial charge in [0.25, 0.3) is 5.91 Å². The minimum atomic E-state index is -0.387. The summed E-state index contributed by atoms with van der Waals surface area (Å²) in [6, 6.07) is 5.89. The molecule has 3 nitrogen and oxygen atoms in total. The Kier molecular flexibility index (Phi) is 6.25. The summed E-state index contributed by atoms with van der Waals surface area (Å²) in [5.74, 6) is -0.252. The average molecular weight is 287 g/mol. The van der Waals surface area contributed by atoms with E-state index in [1.54, 1.807) is 12.1 Å². The third-order valence-corrected chi connectivity index (χ3v) is 3.62. The predicted molar refractivity (Wildman–Crippen MR) is 75.9 cm³/mol. The van der Waals surface area contributed by atoms with E-state index in [2.05, 4.69) is 5.32 Å². The summed E-state index contributed by atoms with van der Waals surface area (Å²) in [6.45, 7) is 0.591. The van der Waals surface area contributed by atoms with Crippen LogP contribution in [0.3, 0.4) is 0 Å². The van der Waals surface area contributed by atoms with Gasteiger partial charge in [-0.3, -0.25) is 4.79 Å². The second-order valence-electron chi connectivity index (χ2n) is 4.87. The van der Waals surface area contributed by atoms with Gasteiger partial charge in [0.15, 0.2) is 0 Å². The van der Waals surface area contributed by atoms with Crippen LogP contribution in [0.1, 0.15) is 36.0 Å². The Balaban J connectivity index is 0.00000180. The standard InChI is InChI=1S/C14H19FN2O.ClH/c15-12-6-3-5-10(8-12)14(18)17-13-7-2-1-4-11(13)9-16;/h3,5-6,8,11,13H,1-2,4,7,9,16H2,(H,17,18);1H. The normalized spacial score (nSPS) is 22.4. The number of hydrogen-bond acceptors (Lipinski definition) is 2. The monoisotopic (exact) mass is 286 g/mol. The lowest BCUT2D eigenvalue weighted by atomic mass is 9.84. The first kappa shape index (κ1) is 15.9. The fraction of sp³-hybridized carbons (Fsp3) is 0.500. The zero-order chi connectivity index (χ0) is 13.0. The molecular formula is C14H20ClFN2O. The molecule has 1 aliphatic rings. The molecule has 1 aliphatic carbocycles. The molecule has 19 heavy (non-hydrogen) atoms. The summed E-state index contributed by atoms with van der Waals surface area (Å²) in [4.78, 5) is 12.0. The Morgan fingerprint density at radius 3 is 2.79 bits per heavy atom. The van der Waals surface area contributed by atoms with Crippen LogP contribution in [0.2, 0.25) is 0 Å². The summed E-state index contributed by atoms with van der Waals surface area (Å²) in [6.07, 6.45) is 4.31. The minimum Gasteiger partial charge on any atom is -0.349 e. The highest BCUT2D eigenvalue weighted by atomic mass is 35.5. The summed E-state index contributed by atoms with van der Waals surface area (Å²) in [5.41, 5.74) is 6.09. The number of carbonyl (C=O) groups excluding carboxylic acids is 1. The van der Waals surface area contributed by atoms with Crippen molar-refractivity contribution in [3.63, 3.8) is 0 Å². The molecule has 0 saturated heterocycles. The molecular weight excluding hydrogens is 267 g/mol. The SMILES string of the molecule is Cl.NCC1CCCCC1NC(=O)c1cccc(F)c1. The number of halogens is 2. The Hall–Kier alpha value is -1.13. The first-order valence-electron chi connectivity index (χ1n) is 6.47. The predicted octanol–water partition coefficient (Wildman–Crippen LogP) is 2.49. The van der Waals surface area contributed by atoms with Crippen LogP contribution >= 0.6 is 12.4 Å². The van der Waals surface area contributed by atoms with Crippen molar-refractivity contribution >= 4 is 18.3 Å². The van der Waals surface area contributed by atoms with E-state index in [4.69, 9.17) is 5.73 Å². The van der Waals surface area contributed by atoms with Crippen LogP contribution < -0.4 is 11.1 Å². The molecule has 0 bridgehead atoms. The summed E-state index contributed by atoms with van der Waals surface area (Å²) in [5, 5.41) is 2.98. The van der Waals surface area contributed by atoms with Crippen molar-refractivity contribution in [3.8, 4) is 0 Å². The number of rotatable bonds is 3. The first-order chi connectivity index (χ1) is 8.70. The lowest BCUT2D eigenvalue weighted by molar-refractivity contribution is 0.0907. The number of nitrogens with one attached hydrogen (secondary N) is 1.